The van der Waals surface area contributed by atoms with Crippen LogP contribution in [0.4, 0.5) is 0 Å². The molecule has 2 amide bonds. The van der Waals surface area contributed by atoms with E-state index in [0.717, 1.165) is 81.7 Å². The number of carbonyl (C=O) groups excluding carboxylic acids is 2. The Kier molecular flexibility index (Phi) is 21.1. The van der Waals surface area contributed by atoms with Crippen molar-refractivity contribution in [3.63, 3.8) is 0 Å². The first-order valence-corrected chi connectivity index (χ1v) is 26.6. The number of morpholine rings is 2. The van der Waals surface area contributed by atoms with E-state index in [9.17, 15) is 9.59 Å². The van der Waals surface area contributed by atoms with Gasteiger partial charge in [-0.2, -0.15) is 0 Å². The van der Waals surface area contributed by atoms with E-state index in [1.807, 2.05) is 157 Å². The van der Waals surface area contributed by atoms with Crippen LogP contribution in [0.2, 0.25) is 20.1 Å². The molecule has 0 N–H and O–H groups in total. The number of nitrogens with zero attached hydrogens (tertiary/aromatic N) is 2. The first-order chi connectivity index (χ1) is 35.8. The van der Waals surface area contributed by atoms with Crippen molar-refractivity contribution >= 4 is 58.2 Å². The Labute approximate surface area is 456 Å². The predicted molar refractivity (Wildman–Crippen MR) is 295 cm³/mol. The van der Waals surface area contributed by atoms with Crippen molar-refractivity contribution < 1.29 is 38.0 Å². The van der Waals surface area contributed by atoms with E-state index in [1.54, 1.807) is 14.2 Å². The standard InChI is InChI=1S/2C30H33Cl2NO4/c2*1-4-6-26(18-36-17-21-10-9-20(2)27(15-21)35-3)33-28(34)19-37-30(23-7-5-8-25(32)16-23)29(33)22-11-13-24(31)14-12-22/h2*5,7-16,26,29-30H,4,6,17-19H2,1-3H3/t26-,29?,30+;26-,29?,30-/m01/s1. The summed E-state index contributed by atoms with van der Waals surface area (Å²) >= 11 is 25.1. The van der Waals surface area contributed by atoms with Crippen LogP contribution >= 0.6 is 46.4 Å². The highest BCUT2D eigenvalue weighted by Crippen LogP contribution is 2.44. The third kappa shape index (κ3) is 14.6. The Balaban J connectivity index is 0.000000216. The second-order valence-corrected chi connectivity index (χ2v) is 20.4. The predicted octanol–water partition coefficient (Wildman–Crippen LogP) is 14.7. The van der Waals surface area contributed by atoms with Gasteiger partial charge < -0.3 is 38.2 Å². The van der Waals surface area contributed by atoms with Crippen molar-refractivity contribution in [2.24, 2.45) is 0 Å². The molecule has 2 aliphatic rings. The van der Waals surface area contributed by atoms with Gasteiger partial charge in [-0.1, -0.05) is 146 Å². The summed E-state index contributed by atoms with van der Waals surface area (Å²) in [5.74, 6) is 1.55. The van der Waals surface area contributed by atoms with E-state index in [4.69, 9.17) is 74.8 Å². The lowest BCUT2D eigenvalue weighted by Crippen LogP contribution is -2.52. The topological polar surface area (TPSA) is 96.0 Å². The van der Waals surface area contributed by atoms with Gasteiger partial charge in [0.1, 0.15) is 36.9 Å². The van der Waals surface area contributed by atoms with Crippen LogP contribution < -0.4 is 9.47 Å². The molecule has 6 aromatic carbocycles. The zero-order valence-electron chi connectivity index (χ0n) is 42.9. The molecular weight excluding hydrogens is 1020 g/mol. The molecular formula is C60H66Cl4N2O8. The number of rotatable bonds is 20. The van der Waals surface area contributed by atoms with E-state index in [1.165, 1.54) is 0 Å². The summed E-state index contributed by atoms with van der Waals surface area (Å²) in [7, 11) is 3.34. The summed E-state index contributed by atoms with van der Waals surface area (Å²) in [4.78, 5) is 30.8. The molecule has 0 aromatic heterocycles. The van der Waals surface area contributed by atoms with E-state index < -0.39 is 0 Å². The Bertz CT molecular complexity index is 2590. The highest BCUT2D eigenvalue weighted by atomic mass is 35.5. The molecule has 74 heavy (non-hydrogen) atoms. The lowest BCUT2D eigenvalue weighted by atomic mass is 9.91. The molecule has 0 spiro atoms. The fourth-order valence-corrected chi connectivity index (χ4v) is 10.5. The molecule has 2 aliphatic heterocycles. The average molecular weight is 1090 g/mol. The van der Waals surface area contributed by atoms with Gasteiger partial charge in [0.25, 0.3) is 0 Å². The Hall–Kier alpha value is -5.14. The number of methoxy groups -OCH3 is 2. The van der Waals surface area contributed by atoms with E-state index in [2.05, 4.69) is 13.8 Å². The van der Waals surface area contributed by atoms with Crippen molar-refractivity contribution in [2.45, 2.75) is 103 Å². The van der Waals surface area contributed by atoms with Gasteiger partial charge >= 0.3 is 0 Å². The highest BCUT2D eigenvalue weighted by Gasteiger charge is 2.43. The number of hydrogen-bond acceptors (Lipinski definition) is 8. The van der Waals surface area contributed by atoms with Crippen molar-refractivity contribution in [3.8, 4) is 11.5 Å². The summed E-state index contributed by atoms with van der Waals surface area (Å²) in [6.45, 7) is 9.92. The van der Waals surface area contributed by atoms with Crippen molar-refractivity contribution in [2.75, 3.05) is 40.6 Å². The zero-order valence-corrected chi connectivity index (χ0v) is 45.9. The largest absolute Gasteiger partial charge is 0.496 e. The molecule has 2 saturated heterocycles. The van der Waals surface area contributed by atoms with E-state index in [-0.39, 0.29) is 61.4 Å². The molecule has 2 heterocycles. The van der Waals surface area contributed by atoms with Crippen LogP contribution in [0, 0.1) is 13.8 Å². The van der Waals surface area contributed by atoms with Gasteiger partial charge in [-0.3, -0.25) is 9.59 Å². The first-order valence-electron chi connectivity index (χ1n) is 25.1. The molecule has 10 nitrogen and oxygen atoms in total. The van der Waals surface area contributed by atoms with Gasteiger partial charge in [0.15, 0.2) is 0 Å². The minimum absolute atomic E-state index is 0.00333. The number of aryl methyl sites for hydroxylation is 2. The van der Waals surface area contributed by atoms with Crippen molar-refractivity contribution in [3.05, 3.63) is 198 Å². The molecule has 0 aliphatic carbocycles. The summed E-state index contributed by atoms with van der Waals surface area (Å²) in [6.07, 6.45) is 2.67. The third-order valence-electron chi connectivity index (χ3n) is 13.4. The van der Waals surface area contributed by atoms with E-state index >= 15 is 0 Å². The summed E-state index contributed by atoms with van der Waals surface area (Å²) in [5.41, 5.74) is 7.95. The highest BCUT2D eigenvalue weighted by molar-refractivity contribution is 6.31. The van der Waals surface area contributed by atoms with Gasteiger partial charge in [0.2, 0.25) is 11.8 Å². The Morgan fingerprint density at radius 2 is 0.905 bits per heavy atom. The minimum Gasteiger partial charge on any atom is -0.496 e. The van der Waals surface area contributed by atoms with Gasteiger partial charge in [-0.05, 0) is 132 Å². The molecule has 392 valence electrons. The lowest BCUT2D eigenvalue weighted by molar-refractivity contribution is -0.166. The van der Waals surface area contributed by atoms with Crippen LogP contribution in [0.25, 0.3) is 0 Å². The summed E-state index contributed by atoms with van der Waals surface area (Å²) in [5, 5.41) is 2.53. The second kappa shape index (κ2) is 27.6. The molecule has 6 aromatic rings. The summed E-state index contributed by atoms with van der Waals surface area (Å²) in [6, 6.07) is 41.7. The normalized spacial score (nSPS) is 18.6. The first kappa shape index (κ1) is 56.6. The maximum absolute atomic E-state index is 13.4. The molecule has 6 atom stereocenters. The van der Waals surface area contributed by atoms with Gasteiger partial charge in [0.05, 0.1) is 64.8 Å². The fraction of sp³-hybridized carbons (Fsp3) is 0.367. The number of carbonyl (C=O) groups is 2. The summed E-state index contributed by atoms with van der Waals surface area (Å²) < 4.78 is 35.6. The van der Waals surface area contributed by atoms with Crippen LogP contribution in [-0.4, -0.2) is 74.3 Å². The Morgan fingerprint density at radius 3 is 1.26 bits per heavy atom. The van der Waals surface area contributed by atoms with Crippen LogP contribution in [0.5, 0.6) is 11.5 Å². The molecule has 2 fully saturated rings. The number of hydrogen-bond donors (Lipinski definition) is 0. The molecule has 14 heteroatoms. The maximum atomic E-state index is 13.4. The smallest absolute Gasteiger partial charge is 0.249 e. The number of benzene rings is 6. The molecule has 8 rings (SSSR count). The number of halogens is 4. The molecule has 0 bridgehead atoms. The second-order valence-electron chi connectivity index (χ2n) is 18.7. The zero-order chi connectivity index (χ0) is 52.7. The lowest BCUT2D eigenvalue weighted by Gasteiger charge is -2.45. The molecule has 0 saturated carbocycles. The van der Waals surface area contributed by atoms with Gasteiger partial charge in [-0.25, -0.2) is 0 Å². The molecule has 0 radical (unpaired) electrons. The van der Waals surface area contributed by atoms with Crippen LogP contribution in [0.1, 0.15) is 108 Å². The van der Waals surface area contributed by atoms with Gasteiger partial charge in [0, 0.05) is 20.1 Å². The average Bonchev–Trinajstić information content (AvgIpc) is 3.39. The van der Waals surface area contributed by atoms with Crippen LogP contribution in [0.15, 0.2) is 133 Å². The maximum Gasteiger partial charge on any atom is 0.249 e. The molecule has 2 unspecified atom stereocenters. The van der Waals surface area contributed by atoms with E-state index in [0.29, 0.717) is 46.5 Å². The Morgan fingerprint density at radius 1 is 0.514 bits per heavy atom. The van der Waals surface area contributed by atoms with Gasteiger partial charge in [-0.15, -0.1) is 0 Å². The number of amides is 2. The van der Waals surface area contributed by atoms with Crippen LogP contribution in [-0.2, 0) is 41.8 Å². The fourth-order valence-electron chi connectivity index (χ4n) is 9.84. The van der Waals surface area contributed by atoms with Crippen molar-refractivity contribution in [1.29, 1.82) is 0 Å². The quantitative estimate of drug-likeness (QED) is 0.0746. The third-order valence-corrected chi connectivity index (χ3v) is 14.4. The minimum atomic E-state index is -0.377. The SMILES string of the molecule is CCC[C@@H](COCc1ccc(C)c(OC)c1)N1C(=O)CO[C@H](c2cccc(Cl)c2)C1c1ccc(Cl)cc1.CCC[C@H](COCc1ccc(C)c(OC)c1)N1C(=O)CO[C@H](c2cccc(Cl)c2)C1c1ccc(Cl)cc1. The van der Waals surface area contributed by atoms with Crippen molar-refractivity contribution in [1.82, 2.24) is 9.80 Å². The number of ether oxygens (including phenoxy) is 6. The monoisotopic (exact) mass is 1080 g/mol. The van der Waals surface area contributed by atoms with Crippen LogP contribution in [0.3, 0.4) is 0 Å².